The van der Waals surface area contributed by atoms with Gasteiger partial charge in [-0.1, -0.05) is 0 Å². The number of hydrogen-bond acceptors (Lipinski definition) is 7. The van der Waals surface area contributed by atoms with Crippen LogP contribution in [0.4, 0.5) is 5.82 Å². The summed E-state index contributed by atoms with van der Waals surface area (Å²) in [5.74, 6) is 0.764. The molecular formula is C18H22N5O3S+. The van der Waals surface area contributed by atoms with E-state index in [0.717, 1.165) is 33.7 Å². The highest BCUT2D eigenvalue weighted by Crippen LogP contribution is 2.37. The van der Waals surface area contributed by atoms with Crippen LogP contribution < -0.4 is 9.64 Å². The third kappa shape index (κ3) is 3.88. The topological polar surface area (TPSA) is 95.5 Å². The molecule has 0 radical (unpaired) electrons. The lowest BCUT2D eigenvalue weighted by molar-refractivity contribution is -0.910. The highest BCUT2D eigenvalue weighted by atomic mass is 32.1. The van der Waals surface area contributed by atoms with Gasteiger partial charge in [-0.25, -0.2) is 4.98 Å². The van der Waals surface area contributed by atoms with E-state index in [4.69, 9.17) is 9.72 Å². The standard InChI is InChI=1S/C18H21N5O3S/c1-5-22(6-2)10-14-20-17(15-11(3)12(4)27-18(15)21-14)26-13-8-7-9-19-16(13)23(24)25/h7-9H,5-6,10H2,1-4H3/p+1. The van der Waals surface area contributed by atoms with E-state index >= 15 is 0 Å². The second-order valence-corrected chi connectivity index (χ2v) is 7.43. The van der Waals surface area contributed by atoms with Crippen molar-refractivity contribution in [1.29, 1.82) is 0 Å². The Balaban J connectivity index is 2.11. The van der Waals surface area contributed by atoms with Crippen molar-refractivity contribution in [3.8, 4) is 11.6 Å². The first kappa shape index (κ1) is 19.1. The number of nitrogens with one attached hydrogen (secondary N) is 1. The van der Waals surface area contributed by atoms with Crippen molar-refractivity contribution in [1.82, 2.24) is 15.0 Å². The molecule has 0 saturated carbocycles. The van der Waals surface area contributed by atoms with Gasteiger partial charge < -0.3 is 19.8 Å². The third-order valence-corrected chi connectivity index (χ3v) is 5.68. The number of aromatic nitrogens is 3. The predicted molar refractivity (Wildman–Crippen MR) is 104 cm³/mol. The van der Waals surface area contributed by atoms with Gasteiger partial charge in [0.15, 0.2) is 5.82 Å². The summed E-state index contributed by atoms with van der Waals surface area (Å²) in [6, 6.07) is 3.14. The smallest absolute Gasteiger partial charge is 0.406 e. The van der Waals surface area contributed by atoms with Crippen LogP contribution in [0.1, 0.15) is 30.1 Å². The molecular weight excluding hydrogens is 366 g/mol. The van der Waals surface area contributed by atoms with E-state index in [9.17, 15) is 10.1 Å². The van der Waals surface area contributed by atoms with Crippen molar-refractivity contribution in [2.45, 2.75) is 34.2 Å². The highest BCUT2D eigenvalue weighted by molar-refractivity contribution is 7.18. The van der Waals surface area contributed by atoms with Gasteiger partial charge in [-0.05, 0) is 55.3 Å². The second kappa shape index (κ2) is 7.93. The summed E-state index contributed by atoms with van der Waals surface area (Å²) in [6.07, 6.45) is 1.37. The SMILES string of the molecule is CC[NH+](CC)Cc1nc(Oc2cccnc2[N+](=O)[O-])c2c(C)c(C)sc2n1. The monoisotopic (exact) mass is 388 g/mol. The second-order valence-electron chi connectivity index (χ2n) is 6.23. The summed E-state index contributed by atoms with van der Waals surface area (Å²) in [6.45, 7) is 10.8. The average Bonchev–Trinajstić information content (AvgIpc) is 2.94. The van der Waals surface area contributed by atoms with Crippen LogP contribution in [0.25, 0.3) is 10.2 Å². The molecule has 3 heterocycles. The molecule has 0 saturated heterocycles. The Morgan fingerprint density at radius 1 is 1.26 bits per heavy atom. The van der Waals surface area contributed by atoms with Crippen LogP contribution in [-0.2, 0) is 6.54 Å². The molecule has 0 unspecified atom stereocenters. The highest BCUT2D eigenvalue weighted by Gasteiger charge is 2.22. The Labute approximate surface area is 161 Å². The van der Waals surface area contributed by atoms with Crippen LogP contribution in [0.3, 0.4) is 0 Å². The Morgan fingerprint density at radius 2 is 2.00 bits per heavy atom. The van der Waals surface area contributed by atoms with Gasteiger partial charge in [-0.15, -0.1) is 11.3 Å². The number of nitro groups is 1. The molecule has 3 aromatic rings. The van der Waals surface area contributed by atoms with Crippen molar-refractivity contribution >= 4 is 27.4 Å². The minimum atomic E-state index is -0.555. The largest absolute Gasteiger partial charge is 0.429 e. The molecule has 0 bridgehead atoms. The minimum absolute atomic E-state index is 0.0758. The van der Waals surface area contributed by atoms with Crippen LogP contribution in [0.15, 0.2) is 18.3 Å². The van der Waals surface area contributed by atoms with Crippen molar-refractivity contribution in [2.75, 3.05) is 13.1 Å². The Bertz CT molecular complexity index is 985. The third-order valence-electron chi connectivity index (χ3n) is 4.58. The van der Waals surface area contributed by atoms with Crippen LogP contribution in [0.2, 0.25) is 0 Å². The van der Waals surface area contributed by atoms with E-state index in [0.29, 0.717) is 18.2 Å². The normalized spacial score (nSPS) is 11.3. The molecule has 0 aromatic carbocycles. The molecule has 0 amide bonds. The number of quaternary nitrogens is 1. The van der Waals surface area contributed by atoms with Crippen molar-refractivity contribution in [3.63, 3.8) is 0 Å². The first-order chi connectivity index (χ1) is 12.9. The summed E-state index contributed by atoms with van der Waals surface area (Å²) in [5, 5.41) is 12.1. The maximum absolute atomic E-state index is 11.3. The summed E-state index contributed by atoms with van der Waals surface area (Å²) in [7, 11) is 0. The lowest BCUT2D eigenvalue weighted by Gasteiger charge is -2.15. The molecule has 3 aromatic heterocycles. The van der Waals surface area contributed by atoms with Crippen LogP contribution in [0, 0.1) is 24.0 Å². The number of rotatable bonds is 7. The van der Waals surface area contributed by atoms with Gasteiger partial charge in [0.05, 0.1) is 18.5 Å². The lowest BCUT2D eigenvalue weighted by Crippen LogP contribution is -3.10. The minimum Gasteiger partial charge on any atom is -0.429 e. The quantitative estimate of drug-likeness (QED) is 0.494. The van der Waals surface area contributed by atoms with E-state index in [1.165, 1.54) is 17.2 Å². The van der Waals surface area contributed by atoms with Crippen LogP contribution in [-0.4, -0.2) is 33.0 Å². The summed E-state index contributed by atoms with van der Waals surface area (Å²) in [5.41, 5.74) is 1.03. The molecule has 0 atom stereocenters. The van der Waals surface area contributed by atoms with Gasteiger partial charge >= 0.3 is 5.82 Å². The van der Waals surface area contributed by atoms with Gasteiger partial charge in [0.2, 0.25) is 11.6 Å². The number of aryl methyl sites for hydroxylation is 2. The fourth-order valence-electron chi connectivity index (χ4n) is 2.83. The van der Waals surface area contributed by atoms with E-state index in [1.54, 1.807) is 17.4 Å². The van der Waals surface area contributed by atoms with Crippen molar-refractivity contribution < 1.29 is 14.6 Å². The van der Waals surface area contributed by atoms with Gasteiger partial charge in [0, 0.05) is 4.88 Å². The van der Waals surface area contributed by atoms with Crippen LogP contribution in [0.5, 0.6) is 11.6 Å². The van der Waals surface area contributed by atoms with Gasteiger partial charge in [0.25, 0.3) is 0 Å². The summed E-state index contributed by atoms with van der Waals surface area (Å²) >= 11 is 1.58. The molecule has 8 nitrogen and oxygen atoms in total. The molecule has 142 valence electrons. The zero-order valence-corrected chi connectivity index (χ0v) is 16.6. The fourth-order valence-corrected chi connectivity index (χ4v) is 3.87. The molecule has 9 heteroatoms. The van der Waals surface area contributed by atoms with E-state index in [-0.39, 0.29) is 11.6 Å². The molecule has 3 rings (SSSR count). The van der Waals surface area contributed by atoms with E-state index in [1.807, 2.05) is 13.8 Å². The molecule has 0 aliphatic heterocycles. The Hall–Kier alpha value is -2.65. The maximum Gasteiger partial charge on any atom is 0.406 e. The first-order valence-electron chi connectivity index (χ1n) is 8.82. The number of nitrogens with zero attached hydrogens (tertiary/aromatic N) is 4. The van der Waals surface area contributed by atoms with E-state index in [2.05, 4.69) is 23.8 Å². The number of fused-ring (bicyclic) bond motifs is 1. The fraction of sp³-hybridized carbons (Fsp3) is 0.389. The molecule has 1 N–H and O–H groups in total. The Morgan fingerprint density at radius 3 is 2.67 bits per heavy atom. The number of hydrogen-bond donors (Lipinski definition) is 1. The number of thiophene rings is 1. The van der Waals surface area contributed by atoms with Crippen LogP contribution >= 0.6 is 11.3 Å². The van der Waals surface area contributed by atoms with Crippen molar-refractivity contribution in [3.05, 3.63) is 44.7 Å². The lowest BCUT2D eigenvalue weighted by atomic mass is 10.2. The average molecular weight is 388 g/mol. The summed E-state index contributed by atoms with van der Waals surface area (Å²) < 4.78 is 5.91. The number of ether oxygens (including phenoxy) is 1. The molecule has 0 spiro atoms. The van der Waals surface area contributed by atoms with E-state index < -0.39 is 4.92 Å². The molecule has 0 fully saturated rings. The molecule has 0 aliphatic rings. The van der Waals surface area contributed by atoms with Gasteiger partial charge in [-0.2, -0.15) is 4.98 Å². The predicted octanol–water partition coefficient (Wildman–Crippen LogP) is 2.83. The van der Waals surface area contributed by atoms with Gasteiger partial charge in [0.1, 0.15) is 17.6 Å². The van der Waals surface area contributed by atoms with Gasteiger partial charge in [-0.3, -0.25) is 0 Å². The molecule has 27 heavy (non-hydrogen) atoms. The number of pyridine rings is 1. The van der Waals surface area contributed by atoms with Crippen molar-refractivity contribution in [2.24, 2.45) is 0 Å². The maximum atomic E-state index is 11.3. The zero-order valence-electron chi connectivity index (χ0n) is 15.8. The Kier molecular flexibility index (Phi) is 5.62. The summed E-state index contributed by atoms with van der Waals surface area (Å²) in [4.78, 5) is 27.1. The first-order valence-corrected chi connectivity index (χ1v) is 9.63. The molecule has 0 aliphatic carbocycles. The zero-order chi connectivity index (χ0) is 19.6.